The lowest BCUT2D eigenvalue weighted by Gasteiger charge is -2.36. The van der Waals surface area contributed by atoms with Crippen LogP contribution in [0, 0.1) is 6.92 Å². The Kier molecular flexibility index (Phi) is 6.89. The fourth-order valence-electron chi connectivity index (χ4n) is 3.94. The average molecular weight is 435 g/mol. The third-order valence-corrected chi connectivity index (χ3v) is 5.74. The minimum atomic E-state index is -0.0518. The van der Waals surface area contributed by atoms with Crippen LogP contribution in [0.1, 0.15) is 28.2 Å². The molecule has 1 aliphatic heterocycles. The van der Waals surface area contributed by atoms with Crippen molar-refractivity contribution in [1.82, 2.24) is 24.9 Å². The van der Waals surface area contributed by atoms with Crippen LogP contribution in [-0.2, 0) is 6.42 Å². The second kappa shape index (κ2) is 10.2. The van der Waals surface area contributed by atoms with Gasteiger partial charge in [0.2, 0.25) is 0 Å². The largest absolute Gasteiger partial charge is 0.459 e. The molecule has 168 valence electrons. The van der Waals surface area contributed by atoms with Gasteiger partial charge in [0.05, 0.1) is 17.6 Å². The summed E-state index contributed by atoms with van der Waals surface area (Å²) in [5.41, 5.74) is 3.40. The van der Waals surface area contributed by atoms with Crippen molar-refractivity contribution >= 4 is 11.9 Å². The van der Waals surface area contributed by atoms with Gasteiger partial charge >= 0.3 is 0 Å². The lowest BCUT2D eigenvalue weighted by atomic mass is 10.1. The monoisotopic (exact) mass is 434 g/mol. The van der Waals surface area contributed by atoms with E-state index in [1.165, 1.54) is 11.8 Å². The van der Waals surface area contributed by atoms with Crippen molar-refractivity contribution in [2.75, 3.05) is 39.8 Å². The lowest BCUT2D eigenvalue weighted by Crippen LogP contribution is -2.53. The number of furan rings is 1. The van der Waals surface area contributed by atoms with Crippen LogP contribution < -0.4 is 5.32 Å². The summed E-state index contributed by atoms with van der Waals surface area (Å²) in [4.78, 5) is 20.9. The zero-order valence-electron chi connectivity index (χ0n) is 18.7. The number of aromatic nitrogens is 2. The molecule has 1 fully saturated rings. The van der Waals surface area contributed by atoms with Gasteiger partial charge in [-0.25, -0.2) is 4.68 Å². The van der Waals surface area contributed by atoms with Crippen molar-refractivity contribution in [3.8, 4) is 5.69 Å². The van der Waals surface area contributed by atoms with Crippen LogP contribution >= 0.6 is 0 Å². The molecular weight excluding hydrogens is 404 g/mol. The molecule has 1 saturated heterocycles. The number of piperazine rings is 1. The van der Waals surface area contributed by atoms with Crippen molar-refractivity contribution in [2.45, 2.75) is 19.8 Å². The Labute approximate surface area is 188 Å². The predicted molar refractivity (Wildman–Crippen MR) is 124 cm³/mol. The molecule has 1 aliphatic rings. The predicted octanol–water partition coefficient (Wildman–Crippen LogP) is 2.74. The first-order valence-electron chi connectivity index (χ1n) is 11.0. The first kappa shape index (κ1) is 21.7. The van der Waals surface area contributed by atoms with E-state index < -0.39 is 0 Å². The number of aliphatic imine (C=N–C) groups is 1. The van der Waals surface area contributed by atoms with Gasteiger partial charge in [0.15, 0.2) is 11.7 Å². The Morgan fingerprint density at radius 2 is 1.84 bits per heavy atom. The molecule has 0 aliphatic carbocycles. The standard InChI is InChI=1S/C24H30N6O2/c1-19-20(18-30(27-19)21-9-4-3-5-10-21)8-6-12-26-24(25-2)29-15-13-28(14-16-29)23(31)22-11-7-17-32-22/h3-5,7,9-11,17-18H,6,8,12-16H2,1-2H3,(H,25,26). The van der Waals surface area contributed by atoms with Gasteiger partial charge < -0.3 is 19.5 Å². The first-order valence-corrected chi connectivity index (χ1v) is 11.0. The SMILES string of the molecule is CN=C(NCCCc1cn(-c2ccccc2)nc1C)N1CCN(C(=O)c2ccco2)CC1. The van der Waals surface area contributed by atoms with E-state index in [0.717, 1.165) is 49.8 Å². The number of hydrogen-bond acceptors (Lipinski definition) is 4. The van der Waals surface area contributed by atoms with Crippen LogP contribution in [0.4, 0.5) is 0 Å². The van der Waals surface area contributed by atoms with Gasteiger partial charge in [0, 0.05) is 46.0 Å². The Hall–Kier alpha value is -3.55. The van der Waals surface area contributed by atoms with E-state index in [9.17, 15) is 4.79 Å². The van der Waals surface area contributed by atoms with E-state index >= 15 is 0 Å². The highest BCUT2D eigenvalue weighted by Gasteiger charge is 2.25. The summed E-state index contributed by atoms with van der Waals surface area (Å²) in [6.07, 6.45) is 5.59. The number of nitrogens with one attached hydrogen (secondary N) is 1. The number of nitrogens with zero attached hydrogens (tertiary/aromatic N) is 5. The number of hydrogen-bond donors (Lipinski definition) is 1. The maximum absolute atomic E-state index is 12.4. The molecule has 0 saturated carbocycles. The normalized spacial score (nSPS) is 14.6. The second-order valence-corrected chi connectivity index (χ2v) is 7.85. The molecule has 3 heterocycles. The van der Waals surface area contributed by atoms with Gasteiger partial charge in [-0.3, -0.25) is 9.79 Å². The molecule has 0 radical (unpaired) electrons. The number of guanidine groups is 1. The third-order valence-electron chi connectivity index (χ3n) is 5.74. The zero-order chi connectivity index (χ0) is 22.3. The summed E-state index contributed by atoms with van der Waals surface area (Å²) in [7, 11) is 1.80. The molecule has 2 aromatic heterocycles. The van der Waals surface area contributed by atoms with E-state index in [1.54, 1.807) is 19.2 Å². The van der Waals surface area contributed by atoms with E-state index in [1.807, 2.05) is 27.8 Å². The Morgan fingerprint density at radius 3 is 2.53 bits per heavy atom. The molecule has 1 aromatic carbocycles. The van der Waals surface area contributed by atoms with Gasteiger partial charge in [-0.05, 0) is 49.6 Å². The number of aryl methyl sites for hydroxylation is 2. The van der Waals surface area contributed by atoms with Crippen molar-refractivity contribution in [2.24, 2.45) is 4.99 Å². The highest BCUT2D eigenvalue weighted by Crippen LogP contribution is 2.13. The summed E-state index contributed by atoms with van der Waals surface area (Å²) < 4.78 is 7.18. The first-order chi connectivity index (χ1) is 15.7. The van der Waals surface area contributed by atoms with Crippen LogP contribution in [-0.4, -0.2) is 71.2 Å². The molecule has 0 atom stereocenters. The molecule has 8 nitrogen and oxygen atoms in total. The van der Waals surface area contributed by atoms with E-state index in [4.69, 9.17) is 4.42 Å². The average Bonchev–Trinajstić information content (AvgIpc) is 3.50. The number of para-hydroxylation sites is 1. The van der Waals surface area contributed by atoms with Crippen molar-refractivity contribution in [1.29, 1.82) is 0 Å². The van der Waals surface area contributed by atoms with Crippen LogP contribution in [0.3, 0.4) is 0 Å². The summed E-state index contributed by atoms with van der Waals surface area (Å²) >= 11 is 0. The molecule has 1 amide bonds. The minimum absolute atomic E-state index is 0.0518. The van der Waals surface area contributed by atoms with Gasteiger partial charge in [-0.1, -0.05) is 18.2 Å². The highest BCUT2D eigenvalue weighted by atomic mass is 16.3. The maximum atomic E-state index is 12.4. The Morgan fingerprint density at radius 1 is 1.09 bits per heavy atom. The van der Waals surface area contributed by atoms with Gasteiger partial charge in [-0.15, -0.1) is 0 Å². The number of carbonyl (C=O) groups is 1. The summed E-state index contributed by atoms with van der Waals surface area (Å²) in [5, 5.41) is 8.12. The number of carbonyl (C=O) groups excluding carboxylic acids is 1. The Bertz CT molecular complexity index is 1030. The van der Waals surface area contributed by atoms with Crippen molar-refractivity contribution < 1.29 is 9.21 Å². The van der Waals surface area contributed by atoms with Crippen molar-refractivity contribution in [3.63, 3.8) is 0 Å². The summed E-state index contributed by atoms with van der Waals surface area (Å²) in [5.74, 6) is 1.22. The number of benzene rings is 1. The Balaban J connectivity index is 1.23. The summed E-state index contributed by atoms with van der Waals surface area (Å²) in [6, 6.07) is 13.6. The lowest BCUT2D eigenvalue weighted by molar-refractivity contribution is 0.0658. The molecule has 1 N–H and O–H groups in total. The number of amides is 1. The van der Waals surface area contributed by atoms with Gasteiger partial charge in [0.25, 0.3) is 5.91 Å². The molecule has 8 heteroatoms. The van der Waals surface area contributed by atoms with Gasteiger partial charge in [0.1, 0.15) is 0 Å². The molecule has 4 rings (SSSR count). The minimum Gasteiger partial charge on any atom is -0.459 e. The molecule has 0 unspecified atom stereocenters. The van der Waals surface area contributed by atoms with Crippen LogP contribution in [0.25, 0.3) is 5.69 Å². The van der Waals surface area contributed by atoms with E-state index in [-0.39, 0.29) is 5.91 Å². The van der Waals surface area contributed by atoms with Crippen LogP contribution in [0.5, 0.6) is 0 Å². The summed E-state index contributed by atoms with van der Waals surface area (Å²) in [6.45, 7) is 5.68. The molecule has 32 heavy (non-hydrogen) atoms. The smallest absolute Gasteiger partial charge is 0.289 e. The molecular formula is C24H30N6O2. The number of rotatable bonds is 6. The second-order valence-electron chi connectivity index (χ2n) is 7.85. The maximum Gasteiger partial charge on any atom is 0.289 e. The molecule has 3 aromatic rings. The van der Waals surface area contributed by atoms with Crippen LogP contribution in [0.2, 0.25) is 0 Å². The van der Waals surface area contributed by atoms with Crippen molar-refractivity contribution in [3.05, 3.63) is 71.9 Å². The van der Waals surface area contributed by atoms with E-state index in [2.05, 4.69) is 45.6 Å². The topological polar surface area (TPSA) is 78.9 Å². The third kappa shape index (κ3) is 5.01. The molecule has 0 spiro atoms. The highest BCUT2D eigenvalue weighted by molar-refractivity contribution is 5.91. The van der Waals surface area contributed by atoms with Gasteiger partial charge in [-0.2, -0.15) is 5.10 Å². The van der Waals surface area contributed by atoms with E-state index in [0.29, 0.717) is 18.8 Å². The van der Waals surface area contributed by atoms with Crippen LogP contribution in [0.15, 0.2) is 64.3 Å². The zero-order valence-corrected chi connectivity index (χ0v) is 18.7. The quantitative estimate of drug-likeness (QED) is 0.367. The fourth-order valence-corrected chi connectivity index (χ4v) is 3.94. The fraction of sp³-hybridized carbons (Fsp3) is 0.375. The molecule has 0 bridgehead atoms.